The van der Waals surface area contributed by atoms with E-state index in [2.05, 4.69) is 10.2 Å². The zero-order valence-electron chi connectivity index (χ0n) is 13.1. The third-order valence-corrected chi connectivity index (χ3v) is 3.58. The van der Waals surface area contributed by atoms with Crippen molar-refractivity contribution in [2.75, 3.05) is 0 Å². The summed E-state index contributed by atoms with van der Waals surface area (Å²) in [4.78, 5) is 25.8. The van der Waals surface area contributed by atoms with E-state index in [0.29, 0.717) is 17.1 Å². The van der Waals surface area contributed by atoms with Crippen molar-refractivity contribution in [3.63, 3.8) is 0 Å². The molecule has 124 valence electrons. The average molecular weight is 334 g/mol. The van der Waals surface area contributed by atoms with Crippen LogP contribution in [0.4, 0.5) is 5.69 Å². The van der Waals surface area contributed by atoms with Gasteiger partial charge in [0.15, 0.2) is 0 Å². The first-order valence-corrected chi connectivity index (χ1v) is 7.52. The Labute approximate surface area is 143 Å². The van der Waals surface area contributed by atoms with E-state index in [9.17, 15) is 9.70 Å². The predicted octanol–water partition coefficient (Wildman–Crippen LogP) is 4.42. The Morgan fingerprint density at radius 3 is 2.48 bits per heavy atom. The summed E-state index contributed by atoms with van der Waals surface area (Å²) in [5, 5.41) is 12.0. The molecule has 0 aliphatic rings. The van der Waals surface area contributed by atoms with Gasteiger partial charge in [-0.2, -0.15) is 0 Å². The van der Waals surface area contributed by atoms with Crippen molar-refractivity contribution < 1.29 is 14.6 Å². The van der Waals surface area contributed by atoms with E-state index in [4.69, 9.17) is 9.84 Å². The molecule has 0 fully saturated rings. The molecule has 0 atom stereocenters. The van der Waals surface area contributed by atoms with Crippen LogP contribution < -0.4 is 4.74 Å². The number of pyridine rings is 1. The molecule has 0 saturated carbocycles. The topological polar surface area (TPSA) is 88.8 Å². The predicted molar refractivity (Wildman–Crippen MR) is 92.9 cm³/mol. The SMILES string of the molecule is O=Nc1ccccc1-c1ccc(OCc2cccc(C(=O)O)n2)cc1. The molecule has 25 heavy (non-hydrogen) atoms. The number of carboxylic acids is 1. The van der Waals surface area contributed by atoms with Gasteiger partial charge in [-0.3, -0.25) is 0 Å². The van der Waals surface area contributed by atoms with Gasteiger partial charge in [0.25, 0.3) is 0 Å². The van der Waals surface area contributed by atoms with E-state index >= 15 is 0 Å². The second-order valence-corrected chi connectivity index (χ2v) is 5.24. The number of rotatable bonds is 6. The fourth-order valence-electron chi connectivity index (χ4n) is 2.36. The van der Waals surface area contributed by atoms with Crippen LogP contribution >= 0.6 is 0 Å². The van der Waals surface area contributed by atoms with Gasteiger partial charge in [0.2, 0.25) is 0 Å². The lowest BCUT2D eigenvalue weighted by Gasteiger charge is -2.08. The van der Waals surface area contributed by atoms with Gasteiger partial charge in [0.1, 0.15) is 23.7 Å². The van der Waals surface area contributed by atoms with Crippen LogP contribution in [0.1, 0.15) is 16.2 Å². The highest BCUT2D eigenvalue weighted by Crippen LogP contribution is 2.30. The van der Waals surface area contributed by atoms with E-state index in [0.717, 1.165) is 11.1 Å². The highest BCUT2D eigenvalue weighted by atomic mass is 16.5. The number of hydrogen-bond donors (Lipinski definition) is 1. The summed E-state index contributed by atoms with van der Waals surface area (Å²) < 4.78 is 5.63. The number of ether oxygens (including phenoxy) is 1. The molecular weight excluding hydrogens is 320 g/mol. The fraction of sp³-hybridized carbons (Fsp3) is 0.0526. The Balaban J connectivity index is 1.72. The maximum atomic E-state index is 10.9. The Morgan fingerprint density at radius 2 is 1.76 bits per heavy atom. The van der Waals surface area contributed by atoms with Gasteiger partial charge < -0.3 is 9.84 Å². The summed E-state index contributed by atoms with van der Waals surface area (Å²) in [6.07, 6.45) is 0. The van der Waals surface area contributed by atoms with E-state index in [-0.39, 0.29) is 12.3 Å². The molecule has 0 radical (unpaired) electrons. The van der Waals surface area contributed by atoms with Crippen LogP contribution in [0.25, 0.3) is 11.1 Å². The van der Waals surface area contributed by atoms with E-state index in [1.807, 2.05) is 24.3 Å². The lowest BCUT2D eigenvalue weighted by Crippen LogP contribution is -2.04. The first kappa shape index (κ1) is 16.3. The molecule has 1 N–H and O–H groups in total. The molecule has 0 saturated heterocycles. The maximum absolute atomic E-state index is 10.9. The first-order valence-electron chi connectivity index (χ1n) is 7.52. The molecule has 6 heteroatoms. The zero-order chi connectivity index (χ0) is 17.6. The van der Waals surface area contributed by atoms with E-state index in [1.54, 1.807) is 36.4 Å². The van der Waals surface area contributed by atoms with Crippen molar-refractivity contribution in [3.05, 3.63) is 83.0 Å². The quantitative estimate of drug-likeness (QED) is 0.674. The lowest BCUT2D eigenvalue weighted by atomic mass is 10.0. The van der Waals surface area contributed by atoms with Crippen molar-refractivity contribution in [1.82, 2.24) is 4.98 Å². The Morgan fingerprint density at radius 1 is 1.00 bits per heavy atom. The maximum Gasteiger partial charge on any atom is 0.354 e. The molecule has 3 aromatic rings. The number of carbonyl (C=O) groups is 1. The number of benzene rings is 2. The van der Waals surface area contributed by atoms with Crippen LogP contribution in [0.5, 0.6) is 5.75 Å². The van der Waals surface area contributed by atoms with Gasteiger partial charge >= 0.3 is 5.97 Å². The van der Waals surface area contributed by atoms with Crippen molar-refractivity contribution in [2.24, 2.45) is 5.18 Å². The number of nitrogens with zero attached hydrogens (tertiary/aromatic N) is 2. The van der Waals surface area contributed by atoms with E-state index < -0.39 is 5.97 Å². The second-order valence-electron chi connectivity index (χ2n) is 5.24. The van der Waals surface area contributed by atoms with Crippen LogP contribution in [0.3, 0.4) is 0 Å². The second kappa shape index (κ2) is 7.35. The molecule has 1 aromatic heterocycles. The van der Waals surface area contributed by atoms with Crippen molar-refractivity contribution in [3.8, 4) is 16.9 Å². The molecule has 0 amide bonds. The summed E-state index contributed by atoms with van der Waals surface area (Å²) in [6.45, 7) is 0.160. The highest BCUT2D eigenvalue weighted by molar-refractivity contribution is 5.85. The third kappa shape index (κ3) is 3.87. The van der Waals surface area contributed by atoms with Crippen molar-refractivity contribution in [1.29, 1.82) is 0 Å². The summed E-state index contributed by atoms with van der Waals surface area (Å²) >= 11 is 0. The number of hydrogen-bond acceptors (Lipinski definition) is 5. The van der Waals surface area contributed by atoms with Crippen molar-refractivity contribution in [2.45, 2.75) is 6.61 Å². The standard InChI is InChI=1S/C19H14N2O4/c22-19(23)18-7-3-4-14(20-18)12-25-15-10-8-13(9-11-15)16-5-1-2-6-17(16)21-24/h1-11H,12H2,(H,22,23). The smallest absolute Gasteiger partial charge is 0.354 e. The molecule has 0 aliphatic carbocycles. The minimum Gasteiger partial charge on any atom is -0.487 e. The monoisotopic (exact) mass is 334 g/mol. The highest BCUT2D eigenvalue weighted by Gasteiger charge is 2.07. The zero-order valence-corrected chi connectivity index (χ0v) is 13.1. The molecule has 0 bridgehead atoms. The molecule has 0 spiro atoms. The average Bonchev–Trinajstić information content (AvgIpc) is 2.67. The minimum absolute atomic E-state index is 0.0191. The van der Waals surface area contributed by atoms with Gasteiger partial charge in [-0.25, -0.2) is 9.78 Å². The summed E-state index contributed by atoms with van der Waals surface area (Å²) in [5.74, 6) is -0.462. The molecular formula is C19H14N2O4. The van der Waals surface area contributed by atoms with Gasteiger partial charge in [-0.05, 0) is 41.1 Å². The number of carboxylic acid groups (broad SMARTS) is 1. The van der Waals surface area contributed by atoms with Crippen LogP contribution in [-0.2, 0) is 6.61 Å². The minimum atomic E-state index is -1.08. The first-order chi connectivity index (χ1) is 12.2. The Hall–Kier alpha value is -3.54. The van der Waals surface area contributed by atoms with Crippen LogP contribution in [0, 0.1) is 4.91 Å². The normalized spacial score (nSPS) is 10.2. The molecule has 0 aliphatic heterocycles. The number of aromatic carboxylic acids is 1. The van der Waals surface area contributed by atoms with Crippen LogP contribution in [0.15, 0.2) is 71.9 Å². The largest absolute Gasteiger partial charge is 0.487 e. The molecule has 1 heterocycles. The molecule has 3 rings (SSSR count). The van der Waals surface area contributed by atoms with Crippen molar-refractivity contribution >= 4 is 11.7 Å². The molecule has 2 aromatic carbocycles. The fourth-order valence-corrected chi connectivity index (χ4v) is 2.36. The van der Waals surface area contributed by atoms with Crippen LogP contribution in [-0.4, -0.2) is 16.1 Å². The third-order valence-electron chi connectivity index (χ3n) is 3.58. The number of aromatic nitrogens is 1. The Kier molecular flexibility index (Phi) is 4.80. The van der Waals surface area contributed by atoms with Gasteiger partial charge in [0.05, 0.1) is 5.69 Å². The Bertz CT molecular complexity index is 907. The van der Waals surface area contributed by atoms with Gasteiger partial charge in [-0.15, -0.1) is 4.91 Å². The summed E-state index contributed by atoms with van der Waals surface area (Å²) in [6, 6.07) is 19.1. The van der Waals surface area contributed by atoms with E-state index in [1.165, 1.54) is 6.07 Å². The molecule has 6 nitrogen and oxygen atoms in total. The lowest BCUT2D eigenvalue weighted by molar-refractivity contribution is 0.0690. The molecule has 0 unspecified atom stereocenters. The van der Waals surface area contributed by atoms with Gasteiger partial charge in [0, 0.05) is 5.56 Å². The van der Waals surface area contributed by atoms with Gasteiger partial charge in [-0.1, -0.05) is 36.4 Å². The van der Waals surface area contributed by atoms with Crippen LogP contribution in [0.2, 0.25) is 0 Å². The number of nitroso groups, excluding NO2 is 1. The summed E-state index contributed by atoms with van der Waals surface area (Å²) in [7, 11) is 0. The summed E-state index contributed by atoms with van der Waals surface area (Å²) in [5.41, 5.74) is 2.49.